The van der Waals surface area contributed by atoms with Crippen LogP contribution in [0.1, 0.15) is 0 Å². The average Bonchev–Trinajstić information content (AvgIpc) is 2.07. The topological polar surface area (TPSA) is 38.9 Å². The molecule has 1 heterocycles. The molecule has 0 aliphatic heterocycles. The number of anilines is 1. The molecular formula is C9H8N2S. The van der Waals surface area contributed by atoms with Crippen LogP contribution in [0.25, 0.3) is 10.8 Å². The van der Waals surface area contributed by atoms with Crippen molar-refractivity contribution in [1.82, 2.24) is 4.98 Å². The zero-order chi connectivity index (χ0) is 8.55. The summed E-state index contributed by atoms with van der Waals surface area (Å²) in [6, 6.07) is 7.70. The summed E-state index contributed by atoms with van der Waals surface area (Å²) >= 11 is 4.31. The quantitative estimate of drug-likeness (QED) is 0.603. The van der Waals surface area contributed by atoms with Crippen LogP contribution in [0.3, 0.4) is 0 Å². The Bertz CT molecular complexity index is 426. The van der Waals surface area contributed by atoms with Gasteiger partial charge in [0.1, 0.15) is 5.82 Å². The molecule has 0 aliphatic rings. The highest BCUT2D eigenvalue weighted by molar-refractivity contribution is 7.80. The number of hydrogen-bond acceptors (Lipinski definition) is 3. The maximum atomic E-state index is 5.55. The number of fused-ring (bicyclic) bond motifs is 1. The summed E-state index contributed by atoms with van der Waals surface area (Å²) in [5.41, 5.74) is 5.55. The number of thiol groups is 1. The second-order valence-electron chi connectivity index (χ2n) is 2.61. The van der Waals surface area contributed by atoms with Crippen LogP contribution < -0.4 is 5.73 Å². The third-order valence-electron chi connectivity index (χ3n) is 1.76. The van der Waals surface area contributed by atoms with Crippen LogP contribution in [-0.2, 0) is 0 Å². The van der Waals surface area contributed by atoms with Gasteiger partial charge in [0, 0.05) is 21.9 Å². The molecule has 12 heavy (non-hydrogen) atoms. The number of rotatable bonds is 0. The van der Waals surface area contributed by atoms with Crippen molar-refractivity contribution in [3.8, 4) is 0 Å². The Kier molecular flexibility index (Phi) is 1.66. The maximum absolute atomic E-state index is 5.55. The van der Waals surface area contributed by atoms with Gasteiger partial charge in [-0.05, 0) is 12.1 Å². The second-order valence-corrected chi connectivity index (χ2v) is 3.09. The van der Waals surface area contributed by atoms with Crippen LogP contribution in [0.4, 0.5) is 5.82 Å². The van der Waals surface area contributed by atoms with Gasteiger partial charge in [-0.2, -0.15) is 0 Å². The molecule has 0 atom stereocenters. The lowest BCUT2D eigenvalue weighted by Gasteiger charge is -2.00. The second kappa shape index (κ2) is 2.68. The Labute approximate surface area is 75.8 Å². The fraction of sp³-hybridized carbons (Fsp3) is 0. The Hall–Kier alpha value is -1.22. The predicted octanol–water partition coefficient (Wildman–Crippen LogP) is 2.11. The summed E-state index contributed by atoms with van der Waals surface area (Å²) in [4.78, 5) is 4.92. The van der Waals surface area contributed by atoms with Crippen molar-refractivity contribution in [2.45, 2.75) is 4.90 Å². The number of benzene rings is 1. The molecule has 0 spiro atoms. The van der Waals surface area contributed by atoms with Gasteiger partial charge in [0.2, 0.25) is 0 Å². The van der Waals surface area contributed by atoms with Crippen molar-refractivity contribution in [2.75, 3.05) is 5.73 Å². The van der Waals surface area contributed by atoms with E-state index in [1.807, 2.05) is 24.3 Å². The van der Waals surface area contributed by atoms with E-state index in [-0.39, 0.29) is 0 Å². The third kappa shape index (κ3) is 1.12. The molecule has 2 nitrogen and oxygen atoms in total. The minimum Gasteiger partial charge on any atom is -0.384 e. The number of hydrogen-bond donors (Lipinski definition) is 2. The van der Waals surface area contributed by atoms with Gasteiger partial charge >= 0.3 is 0 Å². The fourth-order valence-electron chi connectivity index (χ4n) is 1.17. The minimum absolute atomic E-state index is 0.531. The van der Waals surface area contributed by atoms with Crippen LogP contribution in [0.15, 0.2) is 35.4 Å². The van der Waals surface area contributed by atoms with E-state index in [1.54, 1.807) is 6.20 Å². The highest BCUT2D eigenvalue weighted by atomic mass is 32.1. The lowest BCUT2D eigenvalue weighted by Crippen LogP contribution is -1.88. The Morgan fingerprint density at radius 1 is 1.33 bits per heavy atom. The highest BCUT2D eigenvalue weighted by Gasteiger charge is 1.97. The van der Waals surface area contributed by atoms with Gasteiger partial charge in [0.05, 0.1) is 0 Å². The molecule has 1 aromatic heterocycles. The van der Waals surface area contributed by atoms with Gasteiger partial charge in [-0.25, -0.2) is 4.98 Å². The monoisotopic (exact) mass is 176 g/mol. The van der Waals surface area contributed by atoms with E-state index in [1.165, 1.54) is 0 Å². The normalized spacial score (nSPS) is 10.4. The molecule has 0 saturated carbocycles. The number of nitrogens with two attached hydrogens (primary N) is 1. The van der Waals surface area contributed by atoms with E-state index in [0.717, 1.165) is 15.7 Å². The van der Waals surface area contributed by atoms with Gasteiger partial charge < -0.3 is 5.73 Å². The lowest BCUT2D eigenvalue weighted by molar-refractivity contribution is 1.36. The first-order valence-electron chi connectivity index (χ1n) is 3.60. The Morgan fingerprint density at radius 2 is 2.17 bits per heavy atom. The standard InChI is InChI=1S/C9H8N2S/c10-9-4-7-6(5-11-9)2-1-3-8(7)12/h1-5,12H,(H2,10,11). The molecule has 2 N–H and O–H groups in total. The molecule has 0 unspecified atom stereocenters. The fourth-order valence-corrected chi connectivity index (χ4v) is 1.45. The number of nitrogens with zero attached hydrogens (tertiary/aromatic N) is 1. The summed E-state index contributed by atoms with van der Waals surface area (Å²) in [6.07, 6.45) is 1.75. The van der Waals surface area contributed by atoms with E-state index in [4.69, 9.17) is 5.73 Å². The molecule has 0 bridgehead atoms. The van der Waals surface area contributed by atoms with Crippen molar-refractivity contribution in [3.05, 3.63) is 30.5 Å². The molecule has 2 aromatic rings. The molecule has 2 rings (SSSR count). The van der Waals surface area contributed by atoms with Crippen LogP contribution >= 0.6 is 12.6 Å². The molecule has 0 aliphatic carbocycles. The first-order chi connectivity index (χ1) is 5.77. The van der Waals surface area contributed by atoms with Gasteiger partial charge in [-0.3, -0.25) is 0 Å². The predicted molar refractivity (Wildman–Crippen MR) is 53.4 cm³/mol. The first-order valence-corrected chi connectivity index (χ1v) is 4.05. The SMILES string of the molecule is Nc1cc2c(S)cccc2cn1. The molecule has 0 amide bonds. The highest BCUT2D eigenvalue weighted by Crippen LogP contribution is 2.21. The first kappa shape index (κ1) is 7.43. The van der Waals surface area contributed by atoms with Gasteiger partial charge in [-0.1, -0.05) is 12.1 Å². The van der Waals surface area contributed by atoms with E-state index >= 15 is 0 Å². The van der Waals surface area contributed by atoms with E-state index in [0.29, 0.717) is 5.82 Å². The largest absolute Gasteiger partial charge is 0.384 e. The number of pyridine rings is 1. The third-order valence-corrected chi connectivity index (χ3v) is 2.15. The molecule has 0 radical (unpaired) electrons. The van der Waals surface area contributed by atoms with Gasteiger partial charge in [0.15, 0.2) is 0 Å². The zero-order valence-electron chi connectivity index (χ0n) is 6.36. The maximum Gasteiger partial charge on any atom is 0.123 e. The van der Waals surface area contributed by atoms with E-state index in [9.17, 15) is 0 Å². The summed E-state index contributed by atoms with van der Waals surface area (Å²) in [5, 5.41) is 2.12. The van der Waals surface area contributed by atoms with Crippen LogP contribution in [-0.4, -0.2) is 4.98 Å². The lowest BCUT2D eigenvalue weighted by atomic mass is 10.2. The molecule has 1 aromatic carbocycles. The van der Waals surface area contributed by atoms with E-state index in [2.05, 4.69) is 17.6 Å². The smallest absolute Gasteiger partial charge is 0.123 e. The molecule has 3 heteroatoms. The Balaban J connectivity index is 2.88. The van der Waals surface area contributed by atoms with Crippen LogP contribution in [0.5, 0.6) is 0 Å². The zero-order valence-corrected chi connectivity index (χ0v) is 7.25. The summed E-state index contributed by atoms with van der Waals surface area (Å²) < 4.78 is 0. The average molecular weight is 176 g/mol. The van der Waals surface area contributed by atoms with E-state index < -0.39 is 0 Å². The summed E-state index contributed by atoms with van der Waals surface area (Å²) in [6.45, 7) is 0. The molecule has 60 valence electrons. The minimum atomic E-state index is 0.531. The van der Waals surface area contributed by atoms with Crippen molar-refractivity contribution >= 4 is 29.2 Å². The number of nitrogen functional groups attached to an aromatic ring is 1. The van der Waals surface area contributed by atoms with Gasteiger partial charge in [-0.15, -0.1) is 12.6 Å². The van der Waals surface area contributed by atoms with Crippen molar-refractivity contribution in [1.29, 1.82) is 0 Å². The molecule has 0 saturated heterocycles. The summed E-state index contributed by atoms with van der Waals surface area (Å²) in [5.74, 6) is 0.531. The van der Waals surface area contributed by atoms with Crippen molar-refractivity contribution < 1.29 is 0 Å². The van der Waals surface area contributed by atoms with Crippen molar-refractivity contribution in [2.24, 2.45) is 0 Å². The molecule has 0 fully saturated rings. The molecular weight excluding hydrogens is 168 g/mol. The summed E-state index contributed by atoms with van der Waals surface area (Å²) in [7, 11) is 0. The van der Waals surface area contributed by atoms with Gasteiger partial charge in [0.25, 0.3) is 0 Å². The van der Waals surface area contributed by atoms with Crippen LogP contribution in [0, 0.1) is 0 Å². The Morgan fingerprint density at radius 3 is 3.00 bits per heavy atom. The number of aromatic nitrogens is 1. The van der Waals surface area contributed by atoms with Crippen LogP contribution in [0.2, 0.25) is 0 Å². The van der Waals surface area contributed by atoms with Crippen molar-refractivity contribution in [3.63, 3.8) is 0 Å².